The lowest BCUT2D eigenvalue weighted by molar-refractivity contribution is 0.511. The molecule has 0 unspecified atom stereocenters. The van der Waals surface area contributed by atoms with Crippen molar-refractivity contribution in [2.45, 2.75) is 6.92 Å². The highest BCUT2D eigenvalue weighted by Gasteiger charge is 2.11. The van der Waals surface area contributed by atoms with Crippen LogP contribution in [0.2, 0.25) is 0 Å². The van der Waals surface area contributed by atoms with Crippen molar-refractivity contribution >= 4 is 18.2 Å². The second kappa shape index (κ2) is 7.13. The molecule has 0 amide bonds. The summed E-state index contributed by atoms with van der Waals surface area (Å²) in [7, 11) is 0. The van der Waals surface area contributed by atoms with Gasteiger partial charge in [0.15, 0.2) is 17.5 Å². The van der Waals surface area contributed by atoms with Gasteiger partial charge in [-0.05, 0) is 55.1 Å². The average molecular weight is 335 g/mol. The first-order valence-corrected chi connectivity index (χ1v) is 7.61. The Morgan fingerprint density at radius 2 is 1.92 bits per heavy atom. The molecule has 0 saturated heterocycles. The Morgan fingerprint density at radius 3 is 2.60 bits per heavy atom. The van der Waals surface area contributed by atoms with Crippen LogP contribution in [-0.2, 0) is 0 Å². The predicted molar refractivity (Wildman–Crippen MR) is 96.5 cm³/mol. The minimum absolute atomic E-state index is 0.216. The summed E-state index contributed by atoms with van der Waals surface area (Å²) in [6.45, 7) is 5.40. The van der Waals surface area contributed by atoms with Crippen molar-refractivity contribution in [2.24, 2.45) is 9.98 Å². The van der Waals surface area contributed by atoms with Crippen LogP contribution in [0.25, 0.3) is 11.1 Å². The van der Waals surface area contributed by atoms with Crippen molar-refractivity contribution in [1.29, 1.82) is 0 Å². The van der Waals surface area contributed by atoms with E-state index in [4.69, 9.17) is 0 Å². The van der Waals surface area contributed by atoms with Crippen LogP contribution in [0.1, 0.15) is 11.1 Å². The minimum atomic E-state index is -0.869. The Labute approximate surface area is 144 Å². The fourth-order valence-electron chi connectivity index (χ4n) is 2.48. The standard InChI is InChI=1S/C20H15F2N3/c1-13-11-14(16-6-3-7-17(21)19(16)22)8-9-18(13)25-20(23-2)15-5-4-10-24-12-15/h3-12H,2H2,1H3. The molecule has 0 atom stereocenters. The van der Waals surface area contributed by atoms with E-state index in [0.29, 0.717) is 17.1 Å². The monoisotopic (exact) mass is 335 g/mol. The molecule has 0 bridgehead atoms. The van der Waals surface area contributed by atoms with Crippen LogP contribution in [0.3, 0.4) is 0 Å². The average Bonchev–Trinajstić information content (AvgIpc) is 2.64. The number of aryl methyl sites for hydroxylation is 1. The van der Waals surface area contributed by atoms with Gasteiger partial charge in [0.2, 0.25) is 0 Å². The Balaban J connectivity index is 2.01. The fraction of sp³-hybridized carbons (Fsp3) is 0.0500. The fourth-order valence-corrected chi connectivity index (χ4v) is 2.48. The molecule has 0 aliphatic rings. The zero-order valence-electron chi connectivity index (χ0n) is 13.6. The molecule has 2 aromatic carbocycles. The molecule has 1 aromatic heterocycles. The third-order valence-corrected chi connectivity index (χ3v) is 3.76. The van der Waals surface area contributed by atoms with E-state index in [1.807, 2.05) is 13.0 Å². The van der Waals surface area contributed by atoms with Crippen LogP contribution >= 0.6 is 0 Å². The lowest BCUT2D eigenvalue weighted by Gasteiger charge is -2.08. The van der Waals surface area contributed by atoms with Crippen LogP contribution in [0.5, 0.6) is 0 Å². The number of aliphatic imine (C=N–C) groups is 2. The summed E-state index contributed by atoms with van der Waals surface area (Å²) >= 11 is 0. The van der Waals surface area contributed by atoms with Gasteiger partial charge in [0.1, 0.15) is 0 Å². The number of benzene rings is 2. The first kappa shape index (κ1) is 16.6. The van der Waals surface area contributed by atoms with Gasteiger partial charge in [-0.2, -0.15) is 0 Å². The molecule has 0 saturated carbocycles. The van der Waals surface area contributed by atoms with Crippen LogP contribution in [0, 0.1) is 18.6 Å². The third kappa shape index (κ3) is 3.50. The van der Waals surface area contributed by atoms with Crippen molar-refractivity contribution in [3.63, 3.8) is 0 Å². The van der Waals surface area contributed by atoms with E-state index in [-0.39, 0.29) is 5.56 Å². The smallest absolute Gasteiger partial charge is 0.166 e. The molecular formula is C20H15F2N3. The molecule has 3 aromatic rings. The number of nitrogens with zero attached hydrogens (tertiary/aromatic N) is 3. The largest absolute Gasteiger partial charge is 0.264 e. The van der Waals surface area contributed by atoms with Gasteiger partial charge in [0.25, 0.3) is 0 Å². The summed E-state index contributed by atoms with van der Waals surface area (Å²) in [6, 6.07) is 13.0. The topological polar surface area (TPSA) is 37.6 Å². The minimum Gasteiger partial charge on any atom is -0.264 e. The van der Waals surface area contributed by atoms with Crippen molar-refractivity contribution in [1.82, 2.24) is 4.98 Å². The van der Waals surface area contributed by atoms with E-state index in [1.54, 1.807) is 42.7 Å². The lowest BCUT2D eigenvalue weighted by Crippen LogP contribution is -1.97. The summed E-state index contributed by atoms with van der Waals surface area (Å²) < 4.78 is 27.4. The number of aromatic nitrogens is 1. The number of amidine groups is 1. The second-order valence-electron chi connectivity index (χ2n) is 5.44. The third-order valence-electron chi connectivity index (χ3n) is 3.76. The van der Waals surface area contributed by atoms with Crippen molar-refractivity contribution in [3.05, 3.63) is 83.7 Å². The van der Waals surface area contributed by atoms with E-state index in [9.17, 15) is 8.78 Å². The van der Waals surface area contributed by atoms with Gasteiger partial charge in [-0.15, -0.1) is 0 Å². The van der Waals surface area contributed by atoms with Gasteiger partial charge in [-0.1, -0.05) is 18.2 Å². The molecule has 5 heteroatoms. The maximum absolute atomic E-state index is 14.0. The second-order valence-corrected chi connectivity index (χ2v) is 5.44. The Morgan fingerprint density at radius 1 is 1.08 bits per heavy atom. The number of hydrogen-bond donors (Lipinski definition) is 0. The highest BCUT2D eigenvalue weighted by Crippen LogP contribution is 2.29. The quantitative estimate of drug-likeness (QED) is 0.484. The summed E-state index contributed by atoms with van der Waals surface area (Å²) in [4.78, 5) is 12.5. The molecule has 0 fully saturated rings. The highest BCUT2D eigenvalue weighted by atomic mass is 19.2. The van der Waals surface area contributed by atoms with Crippen molar-refractivity contribution in [2.75, 3.05) is 0 Å². The normalized spacial score (nSPS) is 11.4. The van der Waals surface area contributed by atoms with Crippen LogP contribution < -0.4 is 0 Å². The molecule has 0 aliphatic carbocycles. The Hall–Kier alpha value is -3.21. The van der Waals surface area contributed by atoms with Crippen LogP contribution in [0.4, 0.5) is 14.5 Å². The van der Waals surface area contributed by atoms with Crippen molar-refractivity contribution in [3.8, 4) is 11.1 Å². The Kier molecular flexibility index (Phi) is 4.75. The molecule has 3 rings (SSSR count). The van der Waals surface area contributed by atoms with E-state index >= 15 is 0 Å². The summed E-state index contributed by atoms with van der Waals surface area (Å²) in [5, 5.41) is 0. The van der Waals surface area contributed by atoms with E-state index in [0.717, 1.165) is 17.2 Å². The van der Waals surface area contributed by atoms with Gasteiger partial charge in [0, 0.05) is 23.5 Å². The molecule has 0 N–H and O–H groups in total. The van der Waals surface area contributed by atoms with Gasteiger partial charge < -0.3 is 0 Å². The predicted octanol–water partition coefficient (Wildman–Crippen LogP) is 5.11. The number of rotatable bonds is 3. The summed E-state index contributed by atoms with van der Waals surface area (Å²) in [5.41, 5.74) is 3.03. The number of hydrogen-bond acceptors (Lipinski definition) is 2. The van der Waals surface area contributed by atoms with E-state index < -0.39 is 11.6 Å². The lowest BCUT2D eigenvalue weighted by atomic mass is 10.0. The molecule has 25 heavy (non-hydrogen) atoms. The Bertz CT molecular complexity index is 950. The first-order chi connectivity index (χ1) is 12.1. The molecule has 0 radical (unpaired) electrons. The summed E-state index contributed by atoms with van der Waals surface area (Å²) in [6.07, 6.45) is 3.32. The summed E-state index contributed by atoms with van der Waals surface area (Å²) in [5.74, 6) is -1.28. The molecule has 3 nitrogen and oxygen atoms in total. The van der Waals surface area contributed by atoms with Crippen LogP contribution in [-0.4, -0.2) is 17.5 Å². The SMILES string of the molecule is C=NC(=Nc1ccc(-c2cccc(F)c2F)cc1C)c1cccnc1. The molecule has 124 valence electrons. The number of halogens is 2. The highest BCUT2D eigenvalue weighted by molar-refractivity contribution is 6.02. The molecule has 0 aliphatic heterocycles. The van der Waals surface area contributed by atoms with E-state index in [1.165, 1.54) is 6.07 Å². The van der Waals surface area contributed by atoms with Crippen LogP contribution in [0.15, 0.2) is 70.9 Å². The van der Waals surface area contributed by atoms with E-state index in [2.05, 4.69) is 21.7 Å². The molecule has 1 heterocycles. The van der Waals surface area contributed by atoms with Gasteiger partial charge >= 0.3 is 0 Å². The maximum Gasteiger partial charge on any atom is 0.166 e. The maximum atomic E-state index is 14.0. The molecular weight excluding hydrogens is 320 g/mol. The van der Waals surface area contributed by atoms with Gasteiger partial charge in [-0.25, -0.2) is 18.8 Å². The van der Waals surface area contributed by atoms with Gasteiger partial charge in [-0.3, -0.25) is 4.98 Å². The zero-order valence-corrected chi connectivity index (χ0v) is 13.6. The number of pyridine rings is 1. The molecule has 0 spiro atoms. The zero-order chi connectivity index (χ0) is 17.8. The van der Waals surface area contributed by atoms with Crippen molar-refractivity contribution < 1.29 is 8.78 Å². The van der Waals surface area contributed by atoms with Gasteiger partial charge in [0.05, 0.1) is 5.69 Å². The first-order valence-electron chi connectivity index (χ1n) is 7.61.